The van der Waals surface area contributed by atoms with E-state index in [1.807, 2.05) is 38.1 Å². The molecule has 1 atom stereocenters. The van der Waals surface area contributed by atoms with Gasteiger partial charge in [-0.2, -0.15) is 0 Å². The highest BCUT2D eigenvalue weighted by Crippen LogP contribution is 2.27. The Balaban J connectivity index is 2.96. The second kappa shape index (κ2) is 4.67. The molecule has 0 spiro atoms. The molecule has 0 heterocycles. The van der Waals surface area contributed by atoms with E-state index in [1.165, 1.54) is 0 Å². The largest absolute Gasteiger partial charge is 0.496 e. The van der Waals surface area contributed by atoms with Crippen LogP contribution in [-0.4, -0.2) is 26.1 Å². The van der Waals surface area contributed by atoms with Crippen molar-refractivity contribution in [3.63, 3.8) is 0 Å². The minimum absolute atomic E-state index is 0.0837. The standard InChI is InChI=1S/C11H16ClNO/c1-8-7-9(11(12)13(2)3)5-6-10(8)14-4/h5-7,11H,1-4H3. The van der Waals surface area contributed by atoms with Gasteiger partial charge in [-0.3, -0.25) is 4.90 Å². The van der Waals surface area contributed by atoms with Crippen molar-refractivity contribution in [1.29, 1.82) is 0 Å². The lowest BCUT2D eigenvalue weighted by molar-refractivity contribution is 0.383. The van der Waals surface area contributed by atoms with Crippen molar-refractivity contribution in [3.05, 3.63) is 29.3 Å². The van der Waals surface area contributed by atoms with Crippen LogP contribution in [0.15, 0.2) is 18.2 Å². The van der Waals surface area contributed by atoms with Crippen molar-refractivity contribution >= 4 is 11.6 Å². The number of methoxy groups -OCH3 is 1. The predicted octanol–water partition coefficient (Wildman–Crippen LogP) is 2.80. The minimum Gasteiger partial charge on any atom is -0.496 e. The summed E-state index contributed by atoms with van der Waals surface area (Å²) in [5.41, 5.74) is 2.12. The highest BCUT2D eigenvalue weighted by Gasteiger charge is 2.11. The molecule has 0 amide bonds. The van der Waals surface area contributed by atoms with E-state index in [0.29, 0.717) is 0 Å². The molecule has 14 heavy (non-hydrogen) atoms. The fourth-order valence-electron chi connectivity index (χ4n) is 1.35. The first kappa shape index (κ1) is 11.3. The Bertz CT molecular complexity index is 312. The predicted molar refractivity (Wildman–Crippen MR) is 60.0 cm³/mol. The van der Waals surface area contributed by atoms with Crippen molar-refractivity contribution in [2.75, 3.05) is 21.2 Å². The van der Waals surface area contributed by atoms with Gasteiger partial charge < -0.3 is 4.74 Å². The van der Waals surface area contributed by atoms with Crippen molar-refractivity contribution in [2.24, 2.45) is 0 Å². The molecule has 0 saturated carbocycles. The van der Waals surface area contributed by atoms with Crippen LogP contribution in [0, 0.1) is 6.92 Å². The third-order valence-electron chi connectivity index (χ3n) is 2.15. The fraction of sp³-hybridized carbons (Fsp3) is 0.455. The van der Waals surface area contributed by atoms with Gasteiger partial charge in [0, 0.05) is 0 Å². The number of benzene rings is 1. The van der Waals surface area contributed by atoms with Gasteiger partial charge in [-0.05, 0) is 44.3 Å². The van der Waals surface area contributed by atoms with Crippen LogP contribution in [0.25, 0.3) is 0 Å². The van der Waals surface area contributed by atoms with Gasteiger partial charge >= 0.3 is 0 Å². The second-order valence-electron chi connectivity index (χ2n) is 3.53. The number of halogens is 1. The lowest BCUT2D eigenvalue weighted by Gasteiger charge is -2.18. The molecular weight excluding hydrogens is 198 g/mol. The maximum Gasteiger partial charge on any atom is 0.121 e. The van der Waals surface area contributed by atoms with E-state index in [1.54, 1.807) is 7.11 Å². The van der Waals surface area contributed by atoms with Crippen molar-refractivity contribution in [2.45, 2.75) is 12.4 Å². The number of ether oxygens (including phenoxy) is 1. The van der Waals surface area contributed by atoms with Crippen molar-refractivity contribution < 1.29 is 4.74 Å². The van der Waals surface area contributed by atoms with E-state index in [2.05, 4.69) is 6.07 Å². The number of hydrogen-bond acceptors (Lipinski definition) is 2. The number of alkyl halides is 1. The van der Waals surface area contributed by atoms with Crippen LogP contribution in [0.3, 0.4) is 0 Å². The quantitative estimate of drug-likeness (QED) is 0.566. The zero-order valence-electron chi connectivity index (χ0n) is 9.04. The molecule has 3 heteroatoms. The Morgan fingerprint density at radius 2 is 2.00 bits per heavy atom. The van der Waals surface area contributed by atoms with Gasteiger partial charge in [0.1, 0.15) is 11.3 Å². The van der Waals surface area contributed by atoms with Crippen LogP contribution in [-0.2, 0) is 0 Å². The van der Waals surface area contributed by atoms with E-state index < -0.39 is 0 Å². The molecule has 0 N–H and O–H groups in total. The van der Waals surface area contributed by atoms with Crippen LogP contribution in [0.5, 0.6) is 5.75 Å². The number of aryl methyl sites for hydroxylation is 1. The highest BCUT2D eigenvalue weighted by atomic mass is 35.5. The molecule has 0 aliphatic carbocycles. The summed E-state index contributed by atoms with van der Waals surface area (Å²) in [6.07, 6.45) is 0. The summed E-state index contributed by atoms with van der Waals surface area (Å²) in [6, 6.07) is 5.99. The molecule has 0 aromatic heterocycles. The van der Waals surface area contributed by atoms with Gasteiger partial charge in [-0.25, -0.2) is 0 Å². The zero-order chi connectivity index (χ0) is 10.7. The summed E-state index contributed by atoms with van der Waals surface area (Å²) >= 11 is 6.19. The van der Waals surface area contributed by atoms with Gasteiger partial charge in [0.25, 0.3) is 0 Å². The fourth-order valence-corrected chi connectivity index (χ4v) is 1.48. The van der Waals surface area contributed by atoms with Crippen LogP contribution in [0.1, 0.15) is 16.6 Å². The topological polar surface area (TPSA) is 12.5 Å². The molecule has 2 nitrogen and oxygen atoms in total. The number of hydrogen-bond donors (Lipinski definition) is 0. The lowest BCUT2D eigenvalue weighted by atomic mass is 10.1. The molecular formula is C11H16ClNO. The van der Waals surface area contributed by atoms with Gasteiger partial charge in [0.15, 0.2) is 0 Å². The summed E-state index contributed by atoms with van der Waals surface area (Å²) in [5.74, 6) is 0.899. The van der Waals surface area contributed by atoms with Gasteiger partial charge in [0.05, 0.1) is 7.11 Å². The van der Waals surface area contributed by atoms with E-state index >= 15 is 0 Å². The smallest absolute Gasteiger partial charge is 0.121 e. The molecule has 0 aliphatic rings. The van der Waals surface area contributed by atoms with E-state index in [-0.39, 0.29) is 5.50 Å². The monoisotopic (exact) mass is 213 g/mol. The second-order valence-corrected chi connectivity index (χ2v) is 3.94. The van der Waals surface area contributed by atoms with Gasteiger partial charge in [-0.15, -0.1) is 11.6 Å². The first-order chi connectivity index (χ1) is 6.56. The molecule has 0 fully saturated rings. The van der Waals surface area contributed by atoms with Crippen molar-refractivity contribution in [1.82, 2.24) is 4.90 Å². The summed E-state index contributed by atoms with van der Waals surface area (Å²) in [4.78, 5) is 1.96. The Labute approximate surface area is 90.4 Å². The third kappa shape index (κ3) is 2.40. The molecule has 0 aliphatic heterocycles. The number of rotatable bonds is 3. The molecule has 0 radical (unpaired) electrons. The van der Waals surface area contributed by atoms with Crippen molar-refractivity contribution in [3.8, 4) is 5.75 Å². The molecule has 1 unspecified atom stereocenters. The third-order valence-corrected chi connectivity index (χ3v) is 2.79. The maximum absolute atomic E-state index is 6.19. The Morgan fingerprint density at radius 1 is 1.36 bits per heavy atom. The molecule has 1 aromatic carbocycles. The van der Waals surface area contributed by atoms with Crippen LogP contribution in [0.2, 0.25) is 0 Å². The summed E-state index contributed by atoms with van der Waals surface area (Å²) in [7, 11) is 5.58. The number of nitrogens with zero attached hydrogens (tertiary/aromatic N) is 1. The molecule has 0 bridgehead atoms. The summed E-state index contributed by atoms with van der Waals surface area (Å²) in [6.45, 7) is 2.02. The average Bonchev–Trinajstić information content (AvgIpc) is 2.16. The zero-order valence-corrected chi connectivity index (χ0v) is 9.80. The first-order valence-corrected chi connectivity index (χ1v) is 4.95. The lowest BCUT2D eigenvalue weighted by Crippen LogP contribution is -2.14. The van der Waals surface area contributed by atoms with Crippen LogP contribution in [0.4, 0.5) is 0 Å². The van der Waals surface area contributed by atoms with Gasteiger partial charge in [0.2, 0.25) is 0 Å². The van der Waals surface area contributed by atoms with Crippen LogP contribution >= 0.6 is 11.6 Å². The maximum atomic E-state index is 6.19. The Kier molecular flexibility index (Phi) is 3.78. The molecule has 1 aromatic rings. The van der Waals surface area contributed by atoms with E-state index in [9.17, 15) is 0 Å². The normalized spacial score (nSPS) is 13.0. The Hall–Kier alpha value is -0.730. The van der Waals surface area contributed by atoms with E-state index in [0.717, 1.165) is 16.9 Å². The summed E-state index contributed by atoms with van der Waals surface area (Å²) in [5, 5.41) is 0. The Morgan fingerprint density at radius 3 is 2.43 bits per heavy atom. The molecule has 78 valence electrons. The minimum atomic E-state index is -0.0837. The molecule has 0 saturated heterocycles. The first-order valence-electron chi connectivity index (χ1n) is 4.51. The summed E-state index contributed by atoms with van der Waals surface area (Å²) < 4.78 is 5.18. The highest BCUT2D eigenvalue weighted by molar-refractivity contribution is 6.20. The van der Waals surface area contributed by atoms with E-state index in [4.69, 9.17) is 16.3 Å². The molecule has 1 rings (SSSR count). The van der Waals surface area contributed by atoms with Gasteiger partial charge in [-0.1, -0.05) is 6.07 Å². The SMILES string of the molecule is COc1ccc(C(Cl)N(C)C)cc1C. The van der Waals surface area contributed by atoms with Crippen LogP contribution < -0.4 is 4.74 Å². The average molecular weight is 214 g/mol.